The molecule has 1 heterocycles. The molecule has 2 rings (SSSR count). The fraction of sp³-hybridized carbons (Fsp3) is 0.200. The van der Waals surface area contributed by atoms with Crippen LogP contribution >= 0.6 is 28.1 Å². The summed E-state index contributed by atoms with van der Waals surface area (Å²) in [5.41, 5.74) is 0.822. The Morgan fingerprint density at radius 3 is 2.94 bits per heavy atom. The average molecular weight is 302 g/mol. The van der Waals surface area contributed by atoms with Gasteiger partial charge in [0.2, 0.25) is 0 Å². The zero-order valence-electron chi connectivity index (χ0n) is 8.50. The molecule has 3 nitrogen and oxygen atoms in total. The summed E-state index contributed by atoms with van der Waals surface area (Å²) >= 11 is 8.24. The molecule has 2 aromatic rings. The molecule has 0 saturated carbocycles. The van der Waals surface area contributed by atoms with Crippen LogP contribution in [0.5, 0.6) is 0 Å². The van der Waals surface area contributed by atoms with Gasteiger partial charge in [-0.15, -0.1) is 0 Å². The van der Waals surface area contributed by atoms with Gasteiger partial charge >= 0.3 is 0 Å². The van der Waals surface area contributed by atoms with Gasteiger partial charge in [-0.05, 0) is 53.3 Å². The molecule has 84 valence electrons. The predicted octanol–water partition coefficient (Wildman–Crippen LogP) is 3.53. The number of H-pyrrole nitrogens is 1. The maximum Gasteiger partial charge on any atom is 0.195 e. The molecule has 0 aliphatic heterocycles. The van der Waals surface area contributed by atoms with Crippen molar-refractivity contribution in [1.82, 2.24) is 14.8 Å². The lowest BCUT2D eigenvalue weighted by Crippen LogP contribution is -1.97. The molecule has 0 atom stereocenters. The first-order valence-electron chi connectivity index (χ1n) is 4.74. The average Bonchev–Trinajstić information content (AvgIpc) is 2.63. The van der Waals surface area contributed by atoms with E-state index >= 15 is 0 Å². The Morgan fingerprint density at radius 1 is 1.56 bits per heavy atom. The Labute approximate surface area is 105 Å². The van der Waals surface area contributed by atoms with Crippen molar-refractivity contribution in [3.05, 3.63) is 33.3 Å². The van der Waals surface area contributed by atoms with E-state index in [1.807, 2.05) is 11.5 Å². The number of nitrogens with one attached hydrogen (secondary N) is 1. The molecule has 0 aliphatic rings. The van der Waals surface area contributed by atoms with E-state index in [0.29, 0.717) is 15.1 Å². The van der Waals surface area contributed by atoms with Crippen molar-refractivity contribution >= 4 is 28.1 Å². The summed E-state index contributed by atoms with van der Waals surface area (Å²) in [7, 11) is 0. The van der Waals surface area contributed by atoms with Crippen molar-refractivity contribution in [3.63, 3.8) is 0 Å². The zero-order chi connectivity index (χ0) is 11.7. The number of aromatic amines is 1. The molecule has 16 heavy (non-hydrogen) atoms. The number of rotatable bonds is 2. The number of halogens is 2. The number of benzene rings is 1. The summed E-state index contributed by atoms with van der Waals surface area (Å²) in [5.74, 6) is 0.425. The predicted molar refractivity (Wildman–Crippen MR) is 66.2 cm³/mol. The van der Waals surface area contributed by atoms with Crippen LogP contribution in [-0.4, -0.2) is 14.8 Å². The van der Waals surface area contributed by atoms with Crippen molar-refractivity contribution in [1.29, 1.82) is 0 Å². The minimum atomic E-state index is -0.291. The third-order valence-electron chi connectivity index (χ3n) is 2.25. The molecule has 0 aliphatic carbocycles. The summed E-state index contributed by atoms with van der Waals surface area (Å²) < 4.78 is 15.9. The third kappa shape index (κ3) is 1.94. The molecule has 0 fully saturated rings. The molecule has 1 aromatic heterocycles. The molecule has 0 bridgehead atoms. The lowest BCUT2D eigenvalue weighted by Gasteiger charge is -2.04. The highest BCUT2D eigenvalue weighted by molar-refractivity contribution is 9.10. The smallest absolute Gasteiger partial charge is 0.195 e. The first kappa shape index (κ1) is 11.5. The second-order valence-corrected chi connectivity index (χ2v) is 4.47. The van der Waals surface area contributed by atoms with Crippen LogP contribution in [0.15, 0.2) is 22.7 Å². The second-order valence-electron chi connectivity index (χ2n) is 3.23. The standard InChI is InChI=1S/C10H9BrFN3S/c1-2-15-9(13-14-10(15)16)6-3-4-8(12)7(11)5-6/h3-5H,2H2,1H3,(H,14,16). The Balaban J connectivity index is 2.58. The van der Waals surface area contributed by atoms with Crippen LogP contribution in [0, 0.1) is 10.6 Å². The van der Waals surface area contributed by atoms with Gasteiger partial charge in [0.1, 0.15) is 5.82 Å². The molecule has 0 saturated heterocycles. The molecule has 0 spiro atoms. The van der Waals surface area contributed by atoms with Crippen LogP contribution in [0.2, 0.25) is 0 Å². The van der Waals surface area contributed by atoms with Crippen molar-refractivity contribution in [3.8, 4) is 11.4 Å². The van der Waals surface area contributed by atoms with E-state index in [1.54, 1.807) is 12.1 Å². The van der Waals surface area contributed by atoms with Gasteiger partial charge in [-0.3, -0.25) is 5.10 Å². The third-order valence-corrected chi connectivity index (χ3v) is 3.17. The van der Waals surface area contributed by atoms with Crippen molar-refractivity contribution in [2.24, 2.45) is 0 Å². The summed E-state index contributed by atoms with van der Waals surface area (Å²) in [6.07, 6.45) is 0. The van der Waals surface area contributed by atoms with Gasteiger partial charge in [0, 0.05) is 12.1 Å². The summed E-state index contributed by atoms with van der Waals surface area (Å²) in [5, 5.41) is 6.86. The van der Waals surface area contributed by atoms with Crippen LogP contribution < -0.4 is 0 Å². The van der Waals surface area contributed by atoms with Crippen molar-refractivity contribution in [2.45, 2.75) is 13.5 Å². The SMILES string of the molecule is CCn1c(-c2ccc(F)c(Br)c2)n[nH]c1=S. The largest absolute Gasteiger partial charge is 0.300 e. The van der Waals surface area contributed by atoms with E-state index in [2.05, 4.69) is 26.1 Å². The van der Waals surface area contributed by atoms with Gasteiger partial charge in [0.05, 0.1) is 4.47 Å². The maximum atomic E-state index is 13.1. The zero-order valence-corrected chi connectivity index (χ0v) is 10.9. The first-order valence-corrected chi connectivity index (χ1v) is 5.94. The molecule has 6 heteroatoms. The highest BCUT2D eigenvalue weighted by Gasteiger charge is 2.09. The van der Waals surface area contributed by atoms with Gasteiger partial charge in [-0.2, -0.15) is 5.10 Å². The molecular weight excluding hydrogens is 293 g/mol. The Kier molecular flexibility index (Phi) is 3.20. The molecule has 1 aromatic carbocycles. The highest BCUT2D eigenvalue weighted by atomic mass is 79.9. The number of nitrogens with zero attached hydrogens (tertiary/aromatic N) is 2. The topological polar surface area (TPSA) is 33.6 Å². The van der Waals surface area contributed by atoms with E-state index in [-0.39, 0.29) is 5.82 Å². The normalized spacial score (nSPS) is 10.7. The fourth-order valence-electron chi connectivity index (χ4n) is 1.47. The molecular formula is C10H9BrFN3S. The van der Waals surface area contributed by atoms with Crippen molar-refractivity contribution in [2.75, 3.05) is 0 Å². The number of hydrogen-bond donors (Lipinski definition) is 1. The Hall–Kier alpha value is -1.01. The van der Waals surface area contributed by atoms with E-state index in [0.717, 1.165) is 12.1 Å². The molecule has 1 N–H and O–H groups in total. The van der Waals surface area contributed by atoms with E-state index < -0.39 is 0 Å². The number of hydrogen-bond acceptors (Lipinski definition) is 2. The minimum Gasteiger partial charge on any atom is -0.300 e. The van der Waals surface area contributed by atoms with Gasteiger partial charge in [-0.25, -0.2) is 4.39 Å². The van der Waals surface area contributed by atoms with Gasteiger partial charge in [0.15, 0.2) is 10.6 Å². The van der Waals surface area contributed by atoms with Gasteiger partial charge < -0.3 is 4.57 Å². The summed E-state index contributed by atoms with van der Waals surface area (Å²) in [6, 6.07) is 4.76. The quantitative estimate of drug-likeness (QED) is 0.861. The molecule has 0 radical (unpaired) electrons. The van der Waals surface area contributed by atoms with E-state index in [9.17, 15) is 4.39 Å². The van der Waals surface area contributed by atoms with Gasteiger partial charge in [-0.1, -0.05) is 0 Å². The highest BCUT2D eigenvalue weighted by Crippen LogP contribution is 2.23. The Bertz CT molecular complexity index is 576. The fourth-order valence-corrected chi connectivity index (χ4v) is 2.11. The lowest BCUT2D eigenvalue weighted by atomic mass is 10.2. The summed E-state index contributed by atoms with van der Waals surface area (Å²) in [6.45, 7) is 2.70. The van der Waals surface area contributed by atoms with Crippen molar-refractivity contribution < 1.29 is 4.39 Å². The van der Waals surface area contributed by atoms with Crippen LogP contribution in [0.25, 0.3) is 11.4 Å². The maximum absolute atomic E-state index is 13.1. The lowest BCUT2D eigenvalue weighted by molar-refractivity contribution is 0.621. The molecule has 0 amide bonds. The molecule has 0 unspecified atom stereocenters. The monoisotopic (exact) mass is 301 g/mol. The van der Waals surface area contributed by atoms with Crippen LogP contribution in [-0.2, 0) is 6.54 Å². The first-order chi connectivity index (χ1) is 7.63. The van der Waals surface area contributed by atoms with E-state index in [4.69, 9.17) is 12.2 Å². The van der Waals surface area contributed by atoms with Crippen LogP contribution in [0.1, 0.15) is 6.92 Å². The Morgan fingerprint density at radius 2 is 2.31 bits per heavy atom. The number of aromatic nitrogens is 3. The summed E-state index contributed by atoms with van der Waals surface area (Å²) in [4.78, 5) is 0. The van der Waals surface area contributed by atoms with Crippen LogP contribution in [0.3, 0.4) is 0 Å². The second kappa shape index (κ2) is 4.47. The minimum absolute atomic E-state index is 0.291. The van der Waals surface area contributed by atoms with Crippen LogP contribution in [0.4, 0.5) is 4.39 Å². The van der Waals surface area contributed by atoms with Gasteiger partial charge in [0.25, 0.3) is 0 Å². The van der Waals surface area contributed by atoms with E-state index in [1.165, 1.54) is 6.07 Å².